The second-order valence-electron chi connectivity index (χ2n) is 5.08. The van der Waals surface area contributed by atoms with Gasteiger partial charge in [-0.05, 0) is 37.0 Å². The fourth-order valence-corrected chi connectivity index (χ4v) is 2.43. The molecule has 3 nitrogen and oxygen atoms in total. The van der Waals surface area contributed by atoms with Crippen molar-refractivity contribution in [3.63, 3.8) is 0 Å². The maximum absolute atomic E-state index is 12.5. The molecule has 0 bridgehead atoms. The summed E-state index contributed by atoms with van der Waals surface area (Å²) in [5, 5.41) is 8.75. The van der Waals surface area contributed by atoms with Gasteiger partial charge in [-0.3, -0.25) is 4.79 Å². The van der Waals surface area contributed by atoms with Gasteiger partial charge in [-0.1, -0.05) is 24.8 Å². The number of aliphatic hydroxyl groups is 1. The Bertz CT molecular complexity index is 539. The van der Waals surface area contributed by atoms with Crippen LogP contribution in [0.2, 0.25) is 0 Å². The van der Waals surface area contributed by atoms with Gasteiger partial charge < -0.3 is 10.0 Å². The zero-order chi connectivity index (χ0) is 13.8. The number of benzene rings is 1. The van der Waals surface area contributed by atoms with E-state index in [0.717, 1.165) is 36.2 Å². The third-order valence-electron chi connectivity index (χ3n) is 3.58. The van der Waals surface area contributed by atoms with E-state index in [4.69, 9.17) is 5.11 Å². The number of carbonyl (C=O) groups is 1. The summed E-state index contributed by atoms with van der Waals surface area (Å²) in [6.07, 6.45) is 1.08. The van der Waals surface area contributed by atoms with Gasteiger partial charge in [-0.2, -0.15) is 0 Å². The first kappa shape index (κ1) is 13.6. The second kappa shape index (κ2) is 5.90. The Morgan fingerprint density at radius 2 is 2.32 bits per heavy atom. The average molecular weight is 257 g/mol. The quantitative estimate of drug-likeness (QED) is 0.780. The number of aliphatic hydroxyl groups excluding tert-OH is 1. The van der Waals surface area contributed by atoms with Crippen LogP contribution < -0.4 is 0 Å². The predicted molar refractivity (Wildman–Crippen MR) is 74.8 cm³/mol. The molecule has 0 radical (unpaired) electrons. The lowest BCUT2D eigenvalue weighted by Gasteiger charge is -2.17. The highest BCUT2D eigenvalue weighted by Crippen LogP contribution is 2.20. The lowest BCUT2D eigenvalue weighted by Crippen LogP contribution is -2.29. The molecule has 0 aliphatic carbocycles. The summed E-state index contributed by atoms with van der Waals surface area (Å²) in [6, 6.07) is 5.58. The molecule has 1 heterocycles. The first-order valence-corrected chi connectivity index (χ1v) is 6.62. The van der Waals surface area contributed by atoms with Crippen molar-refractivity contribution in [3.05, 3.63) is 34.9 Å². The highest BCUT2D eigenvalue weighted by molar-refractivity contribution is 5.96. The molecule has 1 aliphatic rings. The number of hydrogen-bond donors (Lipinski definition) is 1. The fraction of sp³-hybridized carbons (Fsp3) is 0.438. The molecule has 1 atom stereocenters. The van der Waals surface area contributed by atoms with Gasteiger partial charge in [-0.25, -0.2) is 0 Å². The van der Waals surface area contributed by atoms with Crippen LogP contribution in [0.25, 0.3) is 0 Å². The molecule has 100 valence electrons. The maximum atomic E-state index is 12.5. The summed E-state index contributed by atoms with van der Waals surface area (Å²) in [7, 11) is 0. The monoisotopic (exact) mass is 257 g/mol. The largest absolute Gasteiger partial charge is 0.384 e. The van der Waals surface area contributed by atoms with Crippen molar-refractivity contribution in [2.24, 2.45) is 5.92 Å². The van der Waals surface area contributed by atoms with Crippen molar-refractivity contribution in [2.45, 2.75) is 20.3 Å². The zero-order valence-corrected chi connectivity index (χ0v) is 11.4. The number of nitrogens with zero attached hydrogens (tertiary/aromatic N) is 1. The normalized spacial score (nSPS) is 18.1. The lowest BCUT2D eigenvalue weighted by atomic mass is 10.0. The first-order chi connectivity index (χ1) is 9.13. The molecule has 1 saturated heterocycles. The van der Waals surface area contributed by atoms with Crippen molar-refractivity contribution in [1.82, 2.24) is 4.90 Å². The molecule has 1 unspecified atom stereocenters. The van der Waals surface area contributed by atoms with E-state index in [0.29, 0.717) is 5.92 Å². The molecule has 3 heteroatoms. The lowest BCUT2D eigenvalue weighted by molar-refractivity contribution is 0.0787. The Balaban J connectivity index is 2.27. The molecule has 2 rings (SSSR count). The van der Waals surface area contributed by atoms with Crippen LogP contribution in [0.1, 0.15) is 34.8 Å². The van der Waals surface area contributed by atoms with Gasteiger partial charge in [0.1, 0.15) is 6.61 Å². The molecule has 1 aliphatic heterocycles. The molecule has 1 aromatic rings. The van der Waals surface area contributed by atoms with Crippen LogP contribution in [-0.2, 0) is 0 Å². The molecule has 1 amide bonds. The summed E-state index contributed by atoms with van der Waals surface area (Å²) < 4.78 is 0. The topological polar surface area (TPSA) is 40.5 Å². The number of likely N-dealkylation sites (tertiary alicyclic amines) is 1. The van der Waals surface area contributed by atoms with Crippen LogP contribution in [0.5, 0.6) is 0 Å². The molecule has 0 saturated carbocycles. The SMILES string of the molecule is Cc1c(C#CCO)cccc1C(=O)N1CCC(C)C1. The highest BCUT2D eigenvalue weighted by atomic mass is 16.2. The van der Waals surface area contributed by atoms with E-state index in [1.165, 1.54) is 0 Å². The molecule has 19 heavy (non-hydrogen) atoms. The van der Waals surface area contributed by atoms with E-state index in [1.54, 1.807) is 0 Å². The number of hydrogen-bond acceptors (Lipinski definition) is 2. The minimum absolute atomic E-state index is 0.0921. The van der Waals surface area contributed by atoms with Gasteiger partial charge in [-0.15, -0.1) is 0 Å². The van der Waals surface area contributed by atoms with Gasteiger partial charge >= 0.3 is 0 Å². The molecule has 0 spiro atoms. The van der Waals surface area contributed by atoms with Gasteiger partial charge in [0.05, 0.1) is 0 Å². The Morgan fingerprint density at radius 1 is 1.53 bits per heavy atom. The van der Waals surface area contributed by atoms with Gasteiger partial charge in [0.2, 0.25) is 0 Å². The van der Waals surface area contributed by atoms with Crippen LogP contribution in [0.4, 0.5) is 0 Å². The standard InChI is InChI=1S/C16H19NO2/c1-12-8-9-17(11-12)16(19)15-7-3-5-14(13(15)2)6-4-10-18/h3,5,7,12,18H,8-11H2,1-2H3. The Hall–Kier alpha value is -1.79. The van der Waals surface area contributed by atoms with E-state index in [2.05, 4.69) is 18.8 Å². The second-order valence-corrected chi connectivity index (χ2v) is 5.08. The summed E-state index contributed by atoms with van der Waals surface area (Å²) in [4.78, 5) is 14.4. The van der Waals surface area contributed by atoms with Gasteiger partial charge in [0.25, 0.3) is 5.91 Å². The van der Waals surface area contributed by atoms with Crippen LogP contribution in [0, 0.1) is 24.7 Å². The Morgan fingerprint density at radius 3 is 2.95 bits per heavy atom. The number of carbonyl (C=O) groups excluding carboxylic acids is 1. The van der Waals surface area contributed by atoms with Crippen molar-refractivity contribution in [1.29, 1.82) is 0 Å². The fourth-order valence-electron chi connectivity index (χ4n) is 2.43. The van der Waals surface area contributed by atoms with Crippen molar-refractivity contribution < 1.29 is 9.90 Å². The number of amides is 1. The third-order valence-corrected chi connectivity index (χ3v) is 3.58. The van der Waals surface area contributed by atoms with Crippen LogP contribution >= 0.6 is 0 Å². The summed E-state index contributed by atoms with van der Waals surface area (Å²) in [5.41, 5.74) is 2.43. The summed E-state index contributed by atoms with van der Waals surface area (Å²) in [6.45, 7) is 5.59. The first-order valence-electron chi connectivity index (χ1n) is 6.62. The van der Waals surface area contributed by atoms with Crippen molar-refractivity contribution in [3.8, 4) is 11.8 Å². The summed E-state index contributed by atoms with van der Waals surface area (Å²) in [5.74, 6) is 6.19. The zero-order valence-electron chi connectivity index (χ0n) is 11.4. The van der Waals surface area contributed by atoms with Crippen molar-refractivity contribution in [2.75, 3.05) is 19.7 Å². The van der Waals surface area contributed by atoms with E-state index < -0.39 is 0 Å². The van der Waals surface area contributed by atoms with E-state index in [1.807, 2.05) is 30.0 Å². The van der Waals surface area contributed by atoms with Crippen LogP contribution in [-0.4, -0.2) is 35.6 Å². The maximum Gasteiger partial charge on any atom is 0.254 e. The molecule has 1 fully saturated rings. The molecule has 1 aromatic carbocycles. The summed E-state index contributed by atoms with van der Waals surface area (Å²) >= 11 is 0. The predicted octanol–water partition coefficient (Wildman–Crippen LogP) is 1.82. The Kier molecular flexibility index (Phi) is 4.24. The molecular formula is C16H19NO2. The van der Waals surface area contributed by atoms with Gasteiger partial charge in [0.15, 0.2) is 0 Å². The van der Waals surface area contributed by atoms with Gasteiger partial charge in [0, 0.05) is 24.2 Å². The van der Waals surface area contributed by atoms with Crippen LogP contribution in [0.15, 0.2) is 18.2 Å². The third kappa shape index (κ3) is 2.97. The molecular weight excluding hydrogens is 238 g/mol. The van der Waals surface area contributed by atoms with Crippen LogP contribution in [0.3, 0.4) is 0 Å². The van der Waals surface area contributed by atoms with E-state index >= 15 is 0 Å². The van der Waals surface area contributed by atoms with E-state index in [9.17, 15) is 4.79 Å². The molecule has 1 N–H and O–H groups in total. The van der Waals surface area contributed by atoms with Crippen molar-refractivity contribution >= 4 is 5.91 Å². The molecule has 0 aromatic heterocycles. The average Bonchev–Trinajstić information content (AvgIpc) is 2.83. The smallest absolute Gasteiger partial charge is 0.254 e. The van der Waals surface area contributed by atoms with E-state index in [-0.39, 0.29) is 12.5 Å². The number of rotatable bonds is 1. The minimum atomic E-state index is -0.165. The highest BCUT2D eigenvalue weighted by Gasteiger charge is 2.25. The Labute approximate surface area is 114 Å². The minimum Gasteiger partial charge on any atom is -0.384 e.